The van der Waals surface area contributed by atoms with E-state index in [-0.39, 0.29) is 6.04 Å². The third-order valence-corrected chi connectivity index (χ3v) is 5.45. The van der Waals surface area contributed by atoms with Crippen LogP contribution in [-0.4, -0.2) is 35.1 Å². The Morgan fingerprint density at radius 3 is 2.16 bits per heavy atom. The molecule has 0 saturated heterocycles. The molecule has 0 spiro atoms. The van der Waals surface area contributed by atoms with Crippen LogP contribution in [0.25, 0.3) is 0 Å². The molecule has 1 aliphatic rings. The second-order valence-corrected chi connectivity index (χ2v) is 6.78. The summed E-state index contributed by atoms with van der Waals surface area (Å²) < 4.78 is 0. The first-order valence-corrected chi connectivity index (χ1v) is 7.78. The largest absolute Gasteiger partial charge is 0.480 e. The molecule has 1 atom stereocenters. The minimum Gasteiger partial charge on any atom is -0.480 e. The molecule has 1 N–H and O–H groups in total. The van der Waals surface area contributed by atoms with E-state index < -0.39 is 5.97 Å². The van der Waals surface area contributed by atoms with E-state index in [1.165, 1.54) is 19.3 Å². The van der Waals surface area contributed by atoms with Gasteiger partial charge in [0.2, 0.25) is 0 Å². The maximum absolute atomic E-state index is 11.2. The molecule has 1 aliphatic carbocycles. The third kappa shape index (κ3) is 3.95. The van der Waals surface area contributed by atoms with Gasteiger partial charge in [0.1, 0.15) is 6.04 Å². The van der Waals surface area contributed by atoms with Crippen LogP contribution in [0.15, 0.2) is 0 Å². The summed E-state index contributed by atoms with van der Waals surface area (Å²) in [7, 11) is 1.98. The molecule has 0 aromatic heterocycles. The summed E-state index contributed by atoms with van der Waals surface area (Å²) in [6.07, 6.45) is 6.69. The molecule has 112 valence electrons. The first kappa shape index (κ1) is 16.5. The fourth-order valence-corrected chi connectivity index (χ4v) is 3.44. The van der Waals surface area contributed by atoms with E-state index in [4.69, 9.17) is 0 Å². The lowest BCUT2D eigenvalue weighted by Crippen LogP contribution is -2.46. The van der Waals surface area contributed by atoms with E-state index in [1.807, 2.05) is 14.0 Å². The fraction of sp³-hybridized carbons (Fsp3) is 0.938. The van der Waals surface area contributed by atoms with Crippen LogP contribution in [0.1, 0.15) is 66.2 Å². The summed E-state index contributed by atoms with van der Waals surface area (Å²) in [6.45, 7) is 8.97. The SMILES string of the molecule is CCC(C(=O)O)N(C)C1CCC(C(C)(C)CC)CC1. The van der Waals surface area contributed by atoms with Crippen molar-refractivity contribution >= 4 is 5.97 Å². The van der Waals surface area contributed by atoms with Gasteiger partial charge < -0.3 is 5.11 Å². The van der Waals surface area contributed by atoms with Crippen molar-refractivity contribution in [2.24, 2.45) is 11.3 Å². The zero-order valence-corrected chi connectivity index (χ0v) is 13.3. The third-order valence-electron chi connectivity index (χ3n) is 5.45. The molecule has 1 saturated carbocycles. The van der Waals surface area contributed by atoms with Gasteiger partial charge in [-0.15, -0.1) is 0 Å². The highest BCUT2D eigenvalue weighted by Crippen LogP contribution is 2.41. The predicted molar refractivity (Wildman–Crippen MR) is 79.3 cm³/mol. The van der Waals surface area contributed by atoms with Crippen LogP contribution in [0.5, 0.6) is 0 Å². The molecule has 19 heavy (non-hydrogen) atoms. The summed E-state index contributed by atoms with van der Waals surface area (Å²) in [6, 6.07) is 0.130. The number of carboxylic acids is 1. The monoisotopic (exact) mass is 269 g/mol. The number of likely N-dealkylation sites (N-methyl/N-ethyl adjacent to an activating group) is 1. The molecule has 1 rings (SSSR count). The summed E-state index contributed by atoms with van der Waals surface area (Å²) in [4.78, 5) is 13.3. The Kier molecular flexibility index (Phi) is 5.84. The van der Waals surface area contributed by atoms with Crippen LogP contribution >= 0.6 is 0 Å². The van der Waals surface area contributed by atoms with Gasteiger partial charge in [0, 0.05) is 6.04 Å². The molecule has 3 heteroatoms. The number of aliphatic carboxylic acids is 1. The molecule has 1 unspecified atom stereocenters. The van der Waals surface area contributed by atoms with Gasteiger partial charge in [0.15, 0.2) is 0 Å². The second-order valence-electron chi connectivity index (χ2n) is 6.78. The summed E-state index contributed by atoms with van der Waals surface area (Å²) in [5, 5.41) is 9.25. The number of carboxylic acid groups (broad SMARTS) is 1. The smallest absolute Gasteiger partial charge is 0.320 e. The van der Waals surface area contributed by atoms with E-state index in [0.717, 1.165) is 18.8 Å². The molecular weight excluding hydrogens is 238 g/mol. The number of hydrogen-bond acceptors (Lipinski definition) is 2. The normalized spacial score (nSPS) is 26.4. The molecule has 0 heterocycles. The van der Waals surface area contributed by atoms with Gasteiger partial charge in [-0.05, 0) is 50.5 Å². The topological polar surface area (TPSA) is 40.5 Å². The molecule has 3 nitrogen and oxygen atoms in total. The van der Waals surface area contributed by atoms with E-state index in [0.29, 0.717) is 17.9 Å². The van der Waals surface area contributed by atoms with Crippen molar-refractivity contribution in [3.05, 3.63) is 0 Å². The molecular formula is C16H31NO2. The van der Waals surface area contributed by atoms with E-state index in [1.54, 1.807) is 0 Å². The average molecular weight is 269 g/mol. The van der Waals surface area contributed by atoms with Gasteiger partial charge in [-0.3, -0.25) is 9.69 Å². The fourth-order valence-electron chi connectivity index (χ4n) is 3.44. The number of carbonyl (C=O) groups is 1. The lowest BCUT2D eigenvalue weighted by Gasteiger charge is -2.42. The average Bonchev–Trinajstić information content (AvgIpc) is 2.39. The van der Waals surface area contributed by atoms with Crippen molar-refractivity contribution in [1.29, 1.82) is 0 Å². The van der Waals surface area contributed by atoms with E-state index in [9.17, 15) is 9.90 Å². The van der Waals surface area contributed by atoms with Crippen LogP contribution in [-0.2, 0) is 4.79 Å². The van der Waals surface area contributed by atoms with E-state index in [2.05, 4.69) is 25.7 Å². The van der Waals surface area contributed by atoms with Crippen molar-refractivity contribution in [2.45, 2.75) is 78.3 Å². The van der Waals surface area contributed by atoms with Gasteiger partial charge >= 0.3 is 5.97 Å². The Labute approximate surface area is 118 Å². The predicted octanol–water partition coefficient (Wildman–Crippen LogP) is 3.78. The molecule has 0 aromatic carbocycles. The molecule has 0 aromatic rings. The molecule has 0 bridgehead atoms. The molecule has 0 radical (unpaired) electrons. The first-order chi connectivity index (χ1) is 8.83. The Morgan fingerprint density at radius 2 is 1.79 bits per heavy atom. The highest BCUT2D eigenvalue weighted by Gasteiger charge is 2.35. The van der Waals surface area contributed by atoms with Crippen LogP contribution in [0.2, 0.25) is 0 Å². The number of hydrogen-bond donors (Lipinski definition) is 1. The van der Waals surface area contributed by atoms with Gasteiger partial charge in [0.25, 0.3) is 0 Å². The van der Waals surface area contributed by atoms with Crippen LogP contribution in [0.3, 0.4) is 0 Å². The minimum atomic E-state index is -0.680. The van der Waals surface area contributed by atoms with Crippen molar-refractivity contribution in [3.8, 4) is 0 Å². The highest BCUT2D eigenvalue weighted by molar-refractivity contribution is 5.73. The van der Waals surface area contributed by atoms with Gasteiger partial charge in [0.05, 0.1) is 0 Å². The zero-order valence-electron chi connectivity index (χ0n) is 13.3. The molecule has 1 fully saturated rings. The van der Waals surface area contributed by atoms with Crippen molar-refractivity contribution < 1.29 is 9.90 Å². The lowest BCUT2D eigenvalue weighted by atomic mass is 9.68. The first-order valence-electron chi connectivity index (χ1n) is 7.78. The van der Waals surface area contributed by atoms with Crippen molar-refractivity contribution in [1.82, 2.24) is 4.90 Å². The van der Waals surface area contributed by atoms with Crippen LogP contribution in [0.4, 0.5) is 0 Å². The zero-order chi connectivity index (χ0) is 14.6. The quantitative estimate of drug-likeness (QED) is 0.798. The van der Waals surface area contributed by atoms with E-state index >= 15 is 0 Å². The van der Waals surface area contributed by atoms with Gasteiger partial charge in [-0.1, -0.05) is 34.1 Å². The summed E-state index contributed by atoms with van der Waals surface area (Å²) in [5.41, 5.74) is 0.431. The van der Waals surface area contributed by atoms with Crippen molar-refractivity contribution in [2.75, 3.05) is 7.05 Å². The number of rotatable bonds is 6. The Bertz CT molecular complexity index is 293. The summed E-state index contributed by atoms with van der Waals surface area (Å²) in [5.74, 6) is 0.119. The highest BCUT2D eigenvalue weighted by atomic mass is 16.4. The molecule has 0 amide bonds. The van der Waals surface area contributed by atoms with Crippen LogP contribution in [0, 0.1) is 11.3 Å². The maximum Gasteiger partial charge on any atom is 0.320 e. The number of nitrogens with zero attached hydrogens (tertiary/aromatic N) is 1. The second kappa shape index (κ2) is 6.74. The maximum atomic E-state index is 11.2. The van der Waals surface area contributed by atoms with Crippen molar-refractivity contribution in [3.63, 3.8) is 0 Å². The Morgan fingerprint density at radius 1 is 1.26 bits per heavy atom. The summed E-state index contributed by atoms with van der Waals surface area (Å²) >= 11 is 0. The molecule has 0 aliphatic heterocycles. The lowest BCUT2D eigenvalue weighted by molar-refractivity contribution is -0.144. The Hall–Kier alpha value is -0.570. The Balaban J connectivity index is 2.56. The standard InChI is InChI=1S/C16H31NO2/c1-6-14(15(18)19)17(5)13-10-8-12(9-11-13)16(3,4)7-2/h12-14H,6-11H2,1-5H3,(H,18,19). The minimum absolute atomic E-state index is 0.319. The van der Waals surface area contributed by atoms with Gasteiger partial charge in [-0.25, -0.2) is 0 Å². The van der Waals surface area contributed by atoms with Crippen LogP contribution < -0.4 is 0 Å². The van der Waals surface area contributed by atoms with Gasteiger partial charge in [-0.2, -0.15) is 0 Å².